The van der Waals surface area contributed by atoms with Crippen molar-refractivity contribution >= 4 is 17.4 Å². The number of nitrogens with zero attached hydrogens (tertiary/aromatic N) is 2. The molecule has 3 aliphatic heterocycles. The zero-order chi connectivity index (χ0) is 18.9. The van der Waals surface area contributed by atoms with Crippen LogP contribution in [0.5, 0.6) is 0 Å². The van der Waals surface area contributed by atoms with Crippen molar-refractivity contribution < 1.29 is 14.3 Å². The molecule has 1 aliphatic carbocycles. The van der Waals surface area contributed by atoms with Crippen LogP contribution < -0.4 is 4.90 Å². The number of benzene rings is 1. The molecule has 5 nitrogen and oxygen atoms in total. The van der Waals surface area contributed by atoms with Crippen LogP contribution in [0.3, 0.4) is 0 Å². The molecule has 142 valence electrons. The lowest BCUT2D eigenvalue weighted by atomic mass is 9.56. The molecule has 4 aliphatic rings. The second-order valence-corrected chi connectivity index (χ2v) is 8.56. The van der Waals surface area contributed by atoms with E-state index in [0.717, 1.165) is 24.2 Å². The van der Waals surface area contributed by atoms with Crippen LogP contribution in [0.4, 0.5) is 5.69 Å². The molecule has 27 heavy (non-hydrogen) atoms. The van der Waals surface area contributed by atoms with Gasteiger partial charge in [-0.15, -0.1) is 0 Å². The lowest BCUT2D eigenvalue weighted by Crippen LogP contribution is -2.63. The Morgan fingerprint density at radius 3 is 2.85 bits per heavy atom. The molecule has 2 bridgehead atoms. The number of amides is 1. The number of ketones is 1. The molecule has 0 radical (unpaired) electrons. The molecule has 5 heteroatoms. The zero-order valence-corrected chi connectivity index (χ0v) is 16.1. The van der Waals surface area contributed by atoms with Gasteiger partial charge in [-0.3, -0.25) is 9.59 Å². The van der Waals surface area contributed by atoms with Gasteiger partial charge in [0.1, 0.15) is 5.78 Å². The van der Waals surface area contributed by atoms with Crippen LogP contribution in [0.2, 0.25) is 0 Å². The second-order valence-electron chi connectivity index (χ2n) is 8.56. The van der Waals surface area contributed by atoms with Crippen molar-refractivity contribution in [1.29, 1.82) is 0 Å². The van der Waals surface area contributed by atoms with Gasteiger partial charge in [0.15, 0.2) is 0 Å². The molecule has 0 aromatic heterocycles. The molecule has 1 spiro atoms. The third kappa shape index (κ3) is 2.09. The van der Waals surface area contributed by atoms with Crippen molar-refractivity contribution in [3.63, 3.8) is 0 Å². The van der Waals surface area contributed by atoms with E-state index in [4.69, 9.17) is 4.74 Å². The Morgan fingerprint density at radius 1 is 1.30 bits per heavy atom. The van der Waals surface area contributed by atoms with Crippen molar-refractivity contribution in [3.8, 4) is 0 Å². The predicted molar refractivity (Wildman–Crippen MR) is 102 cm³/mol. The van der Waals surface area contributed by atoms with Gasteiger partial charge >= 0.3 is 0 Å². The molecule has 1 saturated heterocycles. The molecule has 2 fully saturated rings. The van der Waals surface area contributed by atoms with E-state index in [9.17, 15) is 9.59 Å². The second kappa shape index (κ2) is 5.68. The Labute approximate surface area is 160 Å². The van der Waals surface area contributed by atoms with E-state index in [-0.39, 0.29) is 29.9 Å². The molecule has 3 heterocycles. The highest BCUT2D eigenvalue weighted by atomic mass is 16.5. The van der Waals surface area contributed by atoms with E-state index in [1.54, 1.807) is 6.92 Å². The fourth-order valence-electron chi connectivity index (χ4n) is 6.10. The van der Waals surface area contributed by atoms with E-state index in [1.165, 1.54) is 5.57 Å². The number of fused-ring (bicyclic) bond motifs is 3. The summed E-state index contributed by atoms with van der Waals surface area (Å²) in [7, 11) is 2.08. The third-order valence-corrected chi connectivity index (χ3v) is 7.26. The number of para-hydroxylation sites is 1. The van der Waals surface area contributed by atoms with Crippen molar-refractivity contribution in [2.45, 2.75) is 44.2 Å². The summed E-state index contributed by atoms with van der Waals surface area (Å²) >= 11 is 0. The van der Waals surface area contributed by atoms with Crippen molar-refractivity contribution in [2.24, 2.45) is 11.8 Å². The van der Waals surface area contributed by atoms with Gasteiger partial charge in [-0.25, -0.2) is 0 Å². The van der Waals surface area contributed by atoms with Crippen LogP contribution in [0.25, 0.3) is 0 Å². The van der Waals surface area contributed by atoms with Crippen LogP contribution >= 0.6 is 0 Å². The quantitative estimate of drug-likeness (QED) is 0.708. The number of carbonyl (C=O) groups excluding carboxylic acids is 2. The normalized spacial score (nSPS) is 37.1. The standard InChI is InChI=1S/C22H26N2O3/c1-13-16-11-23(3)9-8-22-18-6-4-5-7-19(18)24(14(2)25)21(22)17(12-27-13)15(16)10-20(22)26/h4-7,11,13,15,17,21H,8-10,12H2,1-3H3. The van der Waals surface area contributed by atoms with Gasteiger partial charge in [-0.1, -0.05) is 18.2 Å². The van der Waals surface area contributed by atoms with Crippen LogP contribution in [0, 0.1) is 11.8 Å². The van der Waals surface area contributed by atoms with Gasteiger partial charge < -0.3 is 14.5 Å². The van der Waals surface area contributed by atoms with Gasteiger partial charge in [0, 0.05) is 44.7 Å². The zero-order valence-electron chi connectivity index (χ0n) is 16.1. The lowest BCUT2D eigenvalue weighted by molar-refractivity contribution is -0.134. The van der Waals surface area contributed by atoms with E-state index in [2.05, 4.69) is 31.1 Å². The van der Waals surface area contributed by atoms with Crippen molar-refractivity contribution in [1.82, 2.24) is 4.90 Å². The average molecular weight is 366 g/mol. The SMILES string of the molecule is CC(=O)N1c2ccccc2C23CCN(C)C=C4C(C)OCC(C4CC2=O)C13. The fraction of sp³-hybridized carbons (Fsp3) is 0.545. The number of ether oxygens (including phenoxy) is 1. The summed E-state index contributed by atoms with van der Waals surface area (Å²) < 4.78 is 6.16. The summed E-state index contributed by atoms with van der Waals surface area (Å²) in [5.41, 5.74) is 2.53. The summed E-state index contributed by atoms with van der Waals surface area (Å²) in [5, 5.41) is 0. The average Bonchev–Trinajstić information content (AvgIpc) is 2.97. The lowest BCUT2D eigenvalue weighted by Gasteiger charge is -2.51. The molecule has 0 N–H and O–H groups in total. The first-order chi connectivity index (χ1) is 12.9. The Morgan fingerprint density at radius 2 is 2.07 bits per heavy atom. The van der Waals surface area contributed by atoms with Crippen LogP contribution in [0.15, 0.2) is 36.0 Å². The first-order valence-corrected chi connectivity index (χ1v) is 9.91. The van der Waals surface area contributed by atoms with Crippen molar-refractivity contribution in [3.05, 3.63) is 41.6 Å². The van der Waals surface area contributed by atoms with Gasteiger partial charge in [0.25, 0.3) is 0 Å². The number of hydrogen-bond donors (Lipinski definition) is 0. The minimum absolute atomic E-state index is 0.0135. The number of carbonyl (C=O) groups is 2. The highest BCUT2D eigenvalue weighted by molar-refractivity contribution is 6.04. The summed E-state index contributed by atoms with van der Waals surface area (Å²) in [6.07, 6.45) is 3.49. The Hall–Kier alpha value is -2.14. The predicted octanol–water partition coefficient (Wildman–Crippen LogP) is 2.50. The minimum Gasteiger partial charge on any atom is -0.380 e. The molecule has 1 saturated carbocycles. The largest absolute Gasteiger partial charge is 0.380 e. The van der Waals surface area contributed by atoms with Crippen LogP contribution in [-0.4, -0.2) is 48.9 Å². The molecular weight excluding hydrogens is 340 g/mol. The van der Waals surface area contributed by atoms with Crippen molar-refractivity contribution in [2.75, 3.05) is 25.1 Å². The Balaban J connectivity index is 1.78. The maximum absolute atomic E-state index is 13.7. The third-order valence-electron chi connectivity index (χ3n) is 7.26. The molecule has 1 aromatic carbocycles. The number of Topliss-reactive ketones (excluding diaryl/α,β-unsaturated/α-hetero) is 1. The van der Waals surface area contributed by atoms with Gasteiger partial charge in [-0.2, -0.15) is 0 Å². The molecule has 5 rings (SSSR count). The van der Waals surface area contributed by atoms with E-state index < -0.39 is 5.41 Å². The van der Waals surface area contributed by atoms with Gasteiger partial charge in [0.2, 0.25) is 5.91 Å². The molecule has 1 amide bonds. The smallest absolute Gasteiger partial charge is 0.224 e. The Kier molecular flexibility index (Phi) is 3.57. The topological polar surface area (TPSA) is 49.9 Å². The number of hydrogen-bond acceptors (Lipinski definition) is 4. The fourth-order valence-corrected chi connectivity index (χ4v) is 6.10. The van der Waals surface area contributed by atoms with E-state index in [1.807, 2.05) is 23.1 Å². The van der Waals surface area contributed by atoms with Gasteiger partial charge in [0.05, 0.1) is 24.2 Å². The first-order valence-electron chi connectivity index (χ1n) is 9.91. The monoisotopic (exact) mass is 366 g/mol. The molecule has 5 atom stereocenters. The van der Waals surface area contributed by atoms with E-state index >= 15 is 0 Å². The van der Waals surface area contributed by atoms with Crippen LogP contribution in [-0.2, 0) is 19.7 Å². The summed E-state index contributed by atoms with van der Waals surface area (Å²) in [6.45, 7) is 5.09. The molecule has 1 aromatic rings. The van der Waals surface area contributed by atoms with Crippen LogP contribution in [0.1, 0.15) is 32.3 Å². The summed E-state index contributed by atoms with van der Waals surface area (Å²) in [5.74, 6) is 0.601. The minimum atomic E-state index is -0.620. The highest BCUT2D eigenvalue weighted by Gasteiger charge is 2.64. The maximum Gasteiger partial charge on any atom is 0.224 e. The molecule has 5 unspecified atom stereocenters. The Bertz CT molecular complexity index is 863. The number of rotatable bonds is 0. The summed E-state index contributed by atoms with van der Waals surface area (Å²) in [4.78, 5) is 30.6. The van der Waals surface area contributed by atoms with E-state index in [0.29, 0.717) is 18.8 Å². The molecular formula is C22H26N2O3. The summed E-state index contributed by atoms with van der Waals surface area (Å²) in [6, 6.07) is 7.86. The highest BCUT2D eigenvalue weighted by Crippen LogP contribution is 2.58. The first kappa shape index (κ1) is 17.0. The van der Waals surface area contributed by atoms with Gasteiger partial charge in [-0.05, 0) is 36.5 Å². The number of anilines is 1. The maximum atomic E-state index is 13.7.